The van der Waals surface area contributed by atoms with Crippen LogP contribution in [0.25, 0.3) is 0 Å². The Balaban J connectivity index is 0.00000132. The molecular formula is C14H24Cl2N4O3. The maximum absolute atomic E-state index is 12.4. The maximum atomic E-state index is 12.4. The van der Waals surface area contributed by atoms with Crippen molar-refractivity contribution in [2.24, 2.45) is 0 Å². The van der Waals surface area contributed by atoms with Crippen molar-refractivity contribution in [1.82, 2.24) is 20.0 Å². The van der Waals surface area contributed by atoms with Crippen LogP contribution in [0.4, 0.5) is 0 Å². The molecule has 2 fully saturated rings. The second-order valence-electron chi connectivity index (χ2n) is 5.58. The minimum Gasteiger partial charge on any atom is -0.373 e. The molecule has 1 amide bonds. The van der Waals surface area contributed by atoms with Gasteiger partial charge in [-0.1, -0.05) is 0 Å². The van der Waals surface area contributed by atoms with Gasteiger partial charge in [0.25, 0.3) is 5.91 Å². The normalized spacial score (nSPS) is 24.5. The number of ether oxygens (including phenoxy) is 2. The van der Waals surface area contributed by atoms with Crippen molar-refractivity contribution in [1.29, 1.82) is 0 Å². The van der Waals surface area contributed by atoms with Crippen molar-refractivity contribution >= 4 is 30.7 Å². The number of carbonyl (C=O) groups excluding carboxylic acids is 1. The first kappa shape index (κ1) is 20.2. The lowest BCUT2D eigenvalue weighted by Gasteiger charge is -2.35. The minimum absolute atomic E-state index is 0. The van der Waals surface area contributed by atoms with E-state index in [1.54, 1.807) is 0 Å². The highest BCUT2D eigenvalue weighted by Crippen LogP contribution is 2.11. The number of aryl methyl sites for hydroxylation is 1. The molecule has 2 saturated heterocycles. The van der Waals surface area contributed by atoms with E-state index in [9.17, 15) is 4.79 Å². The van der Waals surface area contributed by atoms with Crippen LogP contribution in [0, 0.1) is 6.92 Å². The lowest BCUT2D eigenvalue weighted by atomic mass is 10.2. The molecule has 0 radical (unpaired) electrons. The summed E-state index contributed by atoms with van der Waals surface area (Å²) in [7, 11) is 0. The van der Waals surface area contributed by atoms with Crippen molar-refractivity contribution in [3.8, 4) is 0 Å². The Labute approximate surface area is 148 Å². The topological polar surface area (TPSA) is 68.6 Å². The predicted octanol–water partition coefficient (Wildman–Crippen LogP) is 0.251. The summed E-state index contributed by atoms with van der Waals surface area (Å²) < 4.78 is 13.2. The third-order valence-electron chi connectivity index (χ3n) is 3.81. The summed E-state index contributed by atoms with van der Waals surface area (Å²) in [5.74, 6) is 0.0622. The van der Waals surface area contributed by atoms with Gasteiger partial charge in [-0.2, -0.15) is 5.10 Å². The predicted molar refractivity (Wildman–Crippen MR) is 90.4 cm³/mol. The van der Waals surface area contributed by atoms with Crippen molar-refractivity contribution in [2.45, 2.75) is 25.7 Å². The smallest absolute Gasteiger partial charge is 0.253 e. The van der Waals surface area contributed by atoms with Crippen LogP contribution >= 0.6 is 24.8 Å². The molecule has 3 heterocycles. The van der Waals surface area contributed by atoms with Gasteiger partial charge in [0, 0.05) is 32.4 Å². The number of hydrogen-bond acceptors (Lipinski definition) is 5. The standard InChI is InChI=1S/C14H22N4O3.2ClH/c1-11-6-16-18(8-11)10-12-9-17(3-5-20-12)14(19)13-7-15-2-4-21-13;;/h6,8,12-13,15H,2-5,7,9-10H2,1H3;2*1H. The fourth-order valence-electron chi connectivity index (χ4n) is 2.73. The lowest BCUT2D eigenvalue weighted by molar-refractivity contribution is -0.153. The number of rotatable bonds is 3. The molecule has 132 valence electrons. The van der Waals surface area contributed by atoms with Crippen LogP contribution in [0.15, 0.2) is 12.4 Å². The van der Waals surface area contributed by atoms with Crippen LogP contribution in [0.2, 0.25) is 0 Å². The molecule has 2 aliphatic rings. The van der Waals surface area contributed by atoms with E-state index in [0.717, 1.165) is 12.1 Å². The molecule has 1 aromatic heterocycles. The summed E-state index contributed by atoms with van der Waals surface area (Å²) in [6, 6.07) is 0. The molecule has 1 N–H and O–H groups in total. The van der Waals surface area contributed by atoms with Gasteiger partial charge in [0.05, 0.1) is 32.1 Å². The Morgan fingerprint density at radius 1 is 1.39 bits per heavy atom. The number of halogens is 2. The second-order valence-corrected chi connectivity index (χ2v) is 5.58. The first-order chi connectivity index (χ1) is 10.2. The zero-order valence-electron chi connectivity index (χ0n) is 13.1. The van der Waals surface area contributed by atoms with E-state index < -0.39 is 0 Å². The van der Waals surface area contributed by atoms with Crippen molar-refractivity contribution < 1.29 is 14.3 Å². The quantitative estimate of drug-likeness (QED) is 0.830. The summed E-state index contributed by atoms with van der Waals surface area (Å²) >= 11 is 0. The van der Waals surface area contributed by atoms with Gasteiger partial charge in [-0.05, 0) is 12.5 Å². The van der Waals surface area contributed by atoms with Gasteiger partial charge in [-0.3, -0.25) is 9.48 Å². The van der Waals surface area contributed by atoms with Gasteiger partial charge in [0.15, 0.2) is 0 Å². The number of carbonyl (C=O) groups is 1. The van der Waals surface area contributed by atoms with Crippen LogP contribution < -0.4 is 5.32 Å². The van der Waals surface area contributed by atoms with E-state index >= 15 is 0 Å². The Hall–Kier alpha value is -0.860. The van der Waals surface area contributed by atoms with Gasteiger partial charge >= 0.3 is 0 Å². The first-order valence-corrected chi connectivity index (χ1v) is 7.44. The van der Waals surface area contributed by atoms with Crippen molar-refractivity contribution in [3.05, 3.63) is 18.0 Å². The average Bonchev–Trinajstić information content (AvgIpc) is 2.93. The average molecular weight is 367 g/mol. The molecule has 9 heteroatoms. The largest absolute Gasteiger partial charge is 0.373 e. The summed E-state index contributed by atoms with van der Waals surface area (Å²) in [6.45, 7) is 6.47. The summed E-state index contributed by atoms with van der Waals surface area (Å²) in [5.41, 5.74) is 1.13. The van der Waals surface area contributed by atoms with Crippen LogP contribution in [0.5, 0.6) is 0 Å². The lowest BCUT2D eigenvalue weighted by Crippen LogP contribution is -2.54. The summed E-state index contributed by atoms with van der Waals surface area (Å²) in [5, 5.41) is 7.46. The molecular weight excluding hydrogens is 343 g/mol. The molecule has 2 atom stereocenters. The van der Waals surface area contributed by atoms with Crippen LogP contribution in [0.3, 0.4) is 0 Å². The third kappa shape index (κ3) is 5.32. The number of nitrogens with zero attached hydrogens (tertiary/aromatic N) is 3. The van der Waals surface area contributed by atoms with Crippen molar-refractivity contribution in [3.63, 3.8) is 0 Å². The Bertz CT molecular complexity index is 494. The molecule has 0 bridgehead atoms. The zero-order valence-corrected chi connectivity index (χ0v) is 14.8. The summed E-state index contributed by atoms with van der Waals surface area (Å²) in [4.78, 5) is 14.3. The molecule has 23 heavy (non-hydrogen) atoms. The van der Waals surface area contributed by atoms with E-state index in [1.165, 1.54) is 0 Å². The van der Waals surface area contributed by atoms with Crippen LogP contribution in [-0.2, 0) is 20.8 Å². The van der Waals surface area contributed by atoms with Gasteiger partial charge in [-0.25, -0.2) is 0 Å². The summed E-state index contributed by atoms with van der Waals surface area (Å²) in [6.07, 6.45) is 3.44. The highest BCUT2D eigenvalue weighted by Gasteiger charge is 2.31. The molecule has 0 aromatic carbocycles. The Morgan fingerprint density at radius 3 is 2.87 bits per heavy atom. The monoisotopic (exact) mass is 366 g/mol. The highest BCUT2D eigenvalue weighted by atomic mass is 35.5. The number of hydrogen-bond donors (Lipinski definition) is 1. The zero-order chi connectivity index (χ0) is 14.7. The van der Waals surface area contributed by atoms with Crippen LogP contribution in [0.1, 0.15) is 5.56 Å². The van der Waals surface area contributed by atoms with Gasteiger partial charge in [0.1, 0.15) is 6.10 Å². The fraction of sp³-hybridized carbons (Fsp3) is 0.714. The van der Waals surface area contributed by atoms with Crippen LogP contribution in [-0.4, -0.2) is 72.2 Å². The van der Waals surface area contributed by atoms with E-state index in [0.29, 0.717) is 39.4 Å². The molecule has 2 unspecified atom stereocenters. The molecule has 3 rings (SSSR count). The SMILES string of the molecule is Cc1cnn(CC2CN(C(=O)C3CNCCO3)CCO2)c1.Cl.Cl. The molecule has 0 aliphatic carbocycles. The van der Waals surface area contributed by atoms with Crippen molar-refractivity contribution in [2.75, 3.05) is 39.4 Å². The van der Waals surface area contributed by atoms with Gasteiger partial charge in [-0.15, -0.1) is 24.8 Å². The van der Waals surface area contributed by atoms with Gasteiger partial charge in [0.2, 0.25) is 0 Å². The highest BCUT2D eigenvalue weighted by molar-refractivity contribution is 5.85. The first-order valence-electron chi connectivity index (χ1n) is 7.44. The molecule has 7 nitrogen and oxygen atoms in total. The molecule has 0 saturated carbocycles. The Morgan fingerprint density at radius 2 is 2.22 bits per heavy atom. The van der Waals surface area contributed by atoms with E-state index in [4.69, 9.17) is 9.47 Å². The number of morpholine rings is 2. The van der Waals surface area contributed by atoms with E-state index in [-0.39, 0.29) is 42.9 Å². The van der Waals surface area contributed by atoms with E-state index in [1.807, 2.05) is 28.9 Å². The second kappa shape index (κ2) is 9.44. The fourth-order valence-corrected chi connectivity index (χ4v) is 2.73. The third-order valence-corrected chi connectivity index (χ3v) is 3.81. The molecule has 0 spiro atoms. The number of amides is 1. The number of nitrogens with one attached hydrogen (secondary N) is 1. The van der Waals surface area contributed by atoms with E-state index in [2.05, 4.69) is 10.4 Å². The number of aromatic nitrogens is 2. The molecule has 2 aliphatic heterocycles. The maximum Gasteiger partial charge on any atom is 0.253 e. The Kier molecular flexibility index (Phi) is 8.28. The molecule has 1 aromatic rings. The van der Waals surface area contributed by atoms with Gasteiger partial charge < -0.3 is 19.7 Å². The minimum atomic E-state index is -0.357.